The highest BCUT2D eigenvalue weighted by molar-refractivity contribution is 6.26. The summed E-state index contributed by atoms with van der Waals surface area (Å²) in [6.07, 6.45) is 0. The molecule has 0 unspecified atom stereocenters. The van der Waals surface area contributed by atoms with E-state index in [0.717, 1.165) is 82.5 Å². The summed E-state index contributed by atoms with van der Waals surface area (Å²) in [7, 11) is 0. The van der Waals surface area contributed by atoms with E-state index in [-0.39, 0.29) is 18.1 Å². The maximum Gasteiger partial charge on any atom is 0.0641 e. The van der Waals surface area contributed by atoms with Crippen molar-refractivity contribution < 1.29 is 4.11 Å². The van der Waals surface area contributed by atoms with Crippen LogP contribution in [-0.2, 0) is 0 Å². The maximum absolute atomic E-state index is 9.84. The first-order valence-electron chi connectivity index (χ1n) is 20.9. The SMILES string of the molecule is [2H]c1c([2H])c(-c2ccccc2)c(-n2c3ccccc3c3c2ccc2c4ccccc4n(-c4ccccc4)c23)c(-c2ccc3c4ccccc4n(-c4ccccc4)c3c2)c1[2H]. The Morgan fingerprint density at radius 2 is 0.825 bits per heavy atom. The number of nitrogens with zero attached hydrogens (tertiary/aromatic N) is 3. The fourth-order valence-electron chi connectivity index (χ4n) is 9.22. The largest absolute Gasteiger partial charge is 0.309 e. The summed E-state index contributed by atoms with van der Waals surface area (Å²) in [6.45, 7) is 0. The quantitative estimate of drug-likeness (QED) is 0.168. The lowest BCUT2D eigenvalue weighted by atomic mass is 9.94. The van der Waals surface area contributed by atoms with Gasteiger partial charge in [0.15, 0.2) is 0 Å². The summed E-state index contributed by atoms with van der Waals surface area (Å²) >= 11 is 0. The average molecular weight is 729 g/mol. The van der Waals surface area contributed by atoms with E-state index < -0.39 is 0 Å². The smallest absolute Gasteiger partial charge is 0.0641 e. The van der Waals surface area contributed by atoms with Gasteiger partial charge in [0.1, 0.15) is 0 Å². The van der Waals surface area contributed by atoms with Crippen molar-refractivity contribution in [3.8, 4) is 39.3 Å². The van der Waals surface area contributed by atoms with Gasteiger partial charge >= 0.3 is 0 Å². The average Bonchev–Trinajstić information content (AvgIpc) is 3.94. The molecule has 0 fully saturated rings. The Bertz CT molecular complexity index is 3680. The molecule has 0 bridgehead atoms. The molecule has 0 aliphatic rings. The van der Waals surface area contributed by atoms with Gasteiger partial charge in [-0.3, -0.25) is 0 Å². The van der Waals surface area contributed by atoms with E-state index in [0.29, 0.717) is 16.8 Å². The number of fused-ring (bicyclic) bond motifs is 10. The monoisotopic (exact) mass is 728 g/mol. The summed E-state index contributed by atoms with van der Waals surface area (Å²) < 4.78 is 35.8. The number of aromatic nitrogens is 3. The highest BCUT2D eigenvalue weighted by Gasteiger charge is 2.24. The normalized spacial score (nSPS) is 12.6. The molecule has 0 saturated carbocycles. The summed E-state index contributed by atoms with van der Waals surface area (Å²) in [6, 6.07) is 67.2. The molecule has 0 radical (unpaired) electrons. The minimum Gasteiger partial charge on any atom is -0.309 e. The number of hydrogen-bond donors (Lipinski definition) is 0. The molecule has 9 aromatic carbocycles. The second-order valence-corrected chi connectivity index (χ2v) is 14.7. The lowest BCUT2D eigenvalue weighted by Crippen LogP contribution is -2.01. The zero-order valence-electron chi connectivity index (χ0n) is 33.8. The zero-order valence-corrected chi connectivity index (χ0v) is 30.8. The van der Waals surface area contributed by atoms with E-state index in [2.05, 4.69) is 171 Å². The van der Waals surface area contributed by atoms with Crippen molar-refractivity contribution in [2.75, 3.05) is 0 Å². The Balaban J connectivity index is 1.27. The minimum atomic E-state index is -0.108. The maximum atomic E-state index is 9.84. The molecule has 3 heteroatoms. The highest BCUT2D eigenvalue weighted by Crippen LogP contribution is 2.46. The van der Waals surface area contributed by atoms with Crippen LogP contribution in [0.5, 0.6) is 0 Å². The van der Waals surface area contributed by atoms with Gasteiger partial charge in [-0.25, -0.2) is 0 Å². The van der Waals surface area contributed by atoms with Crippen molar-refractivity contribution in [3.63, 3.8) is 0 Å². The third-order valence-electron chi connectivity index (χ3n) is 11.6. The third-order valence-corrected chi connectivity index (χ3v) is 11.6. The van der Waals surface area contributed by atoms with Gasteiger partial charge < -0.3 is 13.7 Å². The van der Waals surface area contributed by atoms with Crippen molar-refractivity contribution >= 4 is 65.4 Å². The Hall–Kier alpha value is -7.62. The molecule has 12 rings (SSSR count). The predicted octanol–water partition coefficient (Wildman–Crippen LogP) is 14.3. The Morgan fingerprint density at radius 1 is 0.333 bits per heavy atom. The van der Waals surface area contributed by atoms with Gasteiger partial charge in [-0.1, -0.05) is 158 Å². The van der Waals surface area contributed by atoms with Crippen LogP contribution in [0.15, 0.2) is 212 Å². The first-order chi connectivity index (χ1) is 29.6. The van der Waals surface area contributed by atoms with E-state index >= 15 is 0 Å². The van der Waals surface area contributed by atoms with Crippen LogP contribution in [0.25, 0.3) is 105 Å². The van der Waals surface area contributed by atoms with Gasteiger partial charge in [0.05, 0.1) is 42.9 Å². The van der Waals surface area contributed by atoms with Gasteiger partial charge in [-0.2, -0.15) is 0 Å². The summed E-state index contributed by atoms with van der Waals surface area (Å²) in [5.74, 6) is 0. The standard InChI is InChI=1S/C54H35N3/c1-4-17-36(18-5-1)40-26-16-27-41(37-31-32-44-42-23-10-13-28-47(42)55(51(44)35-37)38-19-6-2-7-20-38)53(40)57-49-30-15-12-25-46(49)52-50(57)34-33-45-43-24-11-14-29-48(43)56(54(45)52)39-21-8-3-9-22-39/h1-35H/i16D,26D,27D. The lowest BCUT2D eigenvalue weighted by molar-refractivity contribution is 1.17. The van der Waals surface area contributed by atoms with Gasteiger partial charge in [-0.05, 0) is 65.7 Å². The second-order valence-electron chi connectivity index (χ2n) is 14.7. The number of hydrogen-bond acceptors (Lipinski definition) is 0. The van der Waals surface area contributed by atoms with E-state index in [1.54, 1.807) is 0 Å². The van der Waals surface area contributed by atoms with Crippen LogP contribution in [0.2, 0.25) is 0 Å². The number of benzene rings is 9. The summed E-state index contributed by atoms with van der Waals surface area (Å²) in [4.78, 5) is 0. The Kier molecular flexibility index (Phi) is 6.29. The van der Waals surface area contributed by atoms with Crippen LogP contribution in [0.3, 0.4) is 0 Å². The van der Waals surface area contributed by atoms with E-state index in [1.807, 2.05) is 36.4 Å². The molecule has 12 aromatic rings. The Morgan fingerprint density at radius 3 is 1.51 bits per heavy atom. The van der Waals surface area contributed by atoms with Crippen LogP contribution in [0.1, 0.15) is 4.11 Å². The second kappa shape index (κ2) is 12.5. The van der Waals surface area contributed by atoms with E-state index in [1.165, 1.54) is 5.39 Å². The minimum absolute atomic E-state index is 0.0156. The molecule has 3 heterocycles. The Labute approximate surface area is 333 Å². The first kappa shape index (κ1) is 28.8. The molecular formula is C54H35N3. The molecule has 0 amide bonds. The molecule has 57 heavy (non-hydrogen) atoms. The topological polar surface area (TPSA) is 14.8 Å². The summed E-state index contributed by atoms with van der Waals surface area (Å²) in [5.41, 5.74) is 11.9. The van der Waals surface area contributed by atoms with E-state index in [4.69, 9.17) is 0 Å². The van der Waals surface area contributed by atoms with Gasteiger partial charge in [-0.15, -0.1) is 0 Å². The van der Waals surface area contributed by atoms with Gasteiger partial charge in [0.2, 0.25) is 0 Å². The van der Waals surface area contributed by atoms with Crippen molar-refractivity contribution in [1.82, 2.24) is 13.7 Å². The molecule has 3 aromatic heterocycles. The van der Waals surface area contributed by atoms with Crippen LogP contribution in [-0.4, -0.2) is 13.7 Å². The molecule has 0 aliphatic carbocycles. The predicted molar refractivity (Wildman–Crippen MR) is 240 cm³/mol. The first-order valence-corrected chi connectivity index (χ1v) is 19.4. The molecule has 0 saturated heterocycles. The van der Waals surface area contributed by atoms with Crippen molar-refractivity contribution in [1.29, 1.82) is 0 Å². The van der Waals surface area contributed by atoms with Crippen molar-refractivity contribution in [3.05, 3.63) is 212 Å². The van der Waals surface area contributed by atoms with Crippen LogP contribution >= 0.6 is 0 Å². The van der Waals surface area contributed by atoms with Gasteiger partial charge in [0.25, 0.3) is 0 Å². The molecule has 3 nitrogen and oxygen atoms in total. The fraction of sp³-hybridized carbons (Fsp3) is 0. The lowest BCUT2D eigenvalue weighted by Gasteiger charge is -2.19. The zero-order chi connectivity index (χ0) is 40.1. The molecule has 0 aliphatic heterocycles. The van der Waals surface area contributed by atoms with Crippen LogP contribution < -0.4 is 0 Å². The fourth-order valence-corrected chi connectivity index (χ4v) is 9.22. The van der Waals surface area contributed by atoms with Crippen LogP contribution in [0, 0.1) is 0 Å². The van der Waals surface area contributed by atoms with Crippen molar-refractivity contribution in [2.24, 2.45) is 0 Å². The third kappa shape index (κ3) is 4.66. The molecule has 0 spiro atoms. The highest BCUT2D eigenvalue weighted by atomic mass is 15.0. The number of rotatable bonds is 5. The van der Waals surface area contributed by atoms with Crippen LogP contribution in [0.4, 0.5) is 0 Å². The van der Waals surface area contributed by atoms with Crippen molar-refractivity contribution in [2.45, 2.75) is 0 Å². The van der Waals surface area contributed by atoms with E-state index in [9.17, 15) is 4.11 Å². The molecule has 0 N–H and O–H groups in total. The number of para-hydroxylation sites is 6. The molecule has 0 atom stereocenters. The molecular weight excluding hydrogens is 691 g/mol. The van der Waals surface area contributed by atoms with Gasteiger partial charge in [0, 0.05) is 54.8 Å². The molecule has 266 valence electrons. The summed E-state index contributed by atoms with van der Waals surface area (Å²) in [5, 5.41) is 6.71.